The van der Waals surface area contributed by atoms with Crippen molar-refractivity contribution in [3.05, 3.63) is 24.3 Å². The van der Waals surface area contributed by atoms with E-state index < -0.39 is 0 Å². The standard InChI is InChI=1S/C14H24N4/c1-11(2)18-7-4-13(10-18)8-17-12(3)14-9-15-5-6-16-14/h5-6,9,11-13,17H,4,7-8,10H2,1-3H3. The van der Waals surface area contributed by atoms with Gasteiger partial charge in [0, 0.05) is 37.2 Å². The van der Waals surface area contributed by atoms with Crippen LogP contribution in [0.25, 0.3) is 0 Å². The molecule has 0 spiro atoms. The second-order valence-corrected chi connectivity index (χ2v) is 5.50. The van der Waals surface area contributed by atoms with Gasteiger partial charge in [0.15, 0.2) is 0 Å². The Hall–Kier alpha value is -1.00. The Morgan fingerprint density at radius 1 is 1.39 bits per heavy atom. The van der Waals surface area contributed by atoms with Gasteiger partial charge in [-0.05, 0) is 46.2 Å². The van der Waals surface area contributed by atoms with E-state index in [-0.39, 0.29) is 6.04 Å². The van der Waals surface area contributed by atoms with Gasteiger partial charge in [-0.3, -0.25) is 9.97 Å². The summed E-state index contributed by atoms with van der Waals surface area (Å²) in [5, 5.41) is 3.57. The number of nitrogens with zero attached hydrogens (tertiary/aromatic N) is 3. The van der Waals surface area contributed by atoms with Crippen molar-refractivity contribution in [3.63, 3.8) is 0 Å². The molecule has 2 atom stereocenters. The highest BCUT2D eigenvalue weighted by atomic mass is 15.2. The minimum absolute atomic E-state index is 0.284. The molecule has 1 N–H and O–H groups in total. The molecular formula is C14H24N4. The molecule has 1 aliphatic rings. The van der Waals surface area contributed by atoms with E-state index in [1.807, 2.05) is 6.20 Å². The van der Waals surface area contributed by atoms with Crippen molar-refractivity contribution >= 4 is 0 Å². The molecule has 4 nitrogen and oxygen atoms in total. The molecule has 1 fully saturated rings. The molecular weight excluding hydrogens is 224 g/mol. The van der Waals surface area contributed by atoms with E-state index in [2.05, 4.69) is 41.0 Å². The molecule has 0 aromatic carbocycles. The summed E-state index contributed by atoms with van der Waals surface area (Å²) in [6, 6.07) is 0.958. The first kappa shape index (κ1) is 13.4. The van der Waals surface area contributed by atoms with E-state index in [9.17, 15) is 0 Å². The minimum atomic E-state index is 0.284. The highest BCUT2D eigenvalue weighted by Crippen LogP contribution is 2.18. The topological polar surface area (TPSA) is 41.0 Å². The van der Waals surface area contributed by atoms with Crippen molar-refractivity contribution in [1.82, 2.24) is 20.2 Å². The molecule has 1 saturated heterocycles. The van der Waals surface area contributed by atoms with E-state index in [0.29, 0.717) is 6.04 Å². The summed E-state index contributed by atoms with van der Waals surface area (Å²) in [6.45, 7) is 10.2. The van der Waals surface area contributed by atoms with Gasteiger partial charge in [0.05, 0.1) is 5.69 Å². The maximum atomic E-state index is 4.33. The van der Waals surface area contributed by atoms with Crippen molar-refractivity contribution in [2.45, 2.75) is 39.3 Å². The molecule has 4 heteroatoms. The van der Waals surface area contributed by atoms with Gasteiger partial charge in [-0.1, -0.05) is 0 Å². The fourth-order valence-corrected chi connectivity index (χ4v) is 2.48. The van der Waals surface area contributed by atoms with Crippen LogP contribution in [0.5, 0.6) is 0 Å². The van der Waals surface area contributed by atoms with Crippen LogP contribution in [-0.4, -0.2) is 40.5 Å². The lowest BCUT2D eigenvalue weighted by atomic mass is 10.1. The van der Waals surface area contributed by atoms with E-state index in [0.717, 1.165) is 18.2 Å². The van der Waals surface area contributed by atoms with Crippen molar-refractivity contribution in [2.24, 2.45) is 5.92 Å². The Kier molecular flexibility index (Phi) is 4.66. The number of nitrogens with one attached hydrogen (secondary N) is 1. The zero-order chi connectivity index (χ0) is 13.0. The lowest BCUT2D eigenvalue weighted by Crippen LogP contribution is -2.31. The molecule has 0 amide bonds. The molecule has 2 heterocycles. The molecule has 18 heavy (non-hydrogen) atoms. The SMILES string of the molecule is CC(NCC1CCN(C(C)C)C1)c1cnccn1. The van der Waals surface area contributed by atoms with Crippen LogP contribution >= 0.6 is 0 Å². The van der Waals surface area contributed by atoms with Crippen molar-refractivity contribution in [2.75, 3.05) is 19.6 Å². The fourth-order valence-electron chi connectivity index (χ4n) is 2.48. The molecule has 100 valence electrons. The molecule has 0 aliphatic carbocycles. The normalized spacial score (nSPS) is 22.6. The van der Waals surface area contributed by atoms with Gasteiger partial charge >= 0.3 is 0 Å². The average molecular weight is 248 g/mol. The Labute approximate surface area is 110 Å². The Morgan fingerprint density at radius 3 is 2.83 bits per heavy atom. The third-order valence-corrected chi connectivity index (χ3v) is 3.79. The summed E-state index contributed by atoms with van der Waals surface area (Å²) in [6.07, 6.45) is 6.61. The maximum absolute atomic E-state index is 4.33. The Balaban J connectivity index is 1.76. The van der Waals surface area contributed by atoms with Crippen LogP contribution < -0.4 is 5.32 Å². The second-order valence-electron chi connectivity index (χ2n) is 5.50. The van der Waals surface area contributed by atoms with Crippen molar-refractivity contribution in [1.29, 1.82) is 0 Å². The van der Waals surface area contributed by atoms with Crippen molar-refractivity contribution < 1.29 is 0 Å². The summed E-state index contributed by atoms with van der Waals surface area (Å²) in [5.74, 6) is 0.770. The summed E-state index contributed by atoms with van der Waals surface area (Å²) in [7, 11) is 0. The van der Waals surface area contributed by atoms with Crippen LogP contribution in [0, 0.1) is 5.92 Å². The van der Waals surface area contributed by atoms with Gasteiger partial charge in [0.1, 0.15) is 0 Å². The molecule has 1 aliphatic heterocycles. The molecule has 2 unspecified atom stereocenters. The van der Waals surface area contributed by atoms with Crippen LogP contribution in [0.2, 0.25) is 0 Å². The second kappa shape index (κ2) is 6.25. The van der Waals surface area contributed by atoms with E-state index in [1.165, 1.54) is 19.5 Å². The zero-order valence-corrected chi connectivity index (χ0v) is 11.6. The summed E-state index contributed by atoms with van der Waals surface area (Å²) in [5.41, 5.74) is 1.02. The highest BCUT2D eigenvalue weighted by Gasteiger charge is 2.24. The summed E-state index contributed by atoms with van der Waals surface area (Å²) in [4.78, 5) is 11.0. The van der Waals surface area contributed by atoms with Crippen LogP contribution in [0.15, 0.2) is 18.6 Å². The third-order valence-electron chi connectivity index (χ3n) is 3.79. The number of hydrogen-bond donors (Lipinski definition) is 1. The van der Waals surface area contributed by atoms with Crippen LogP contribution in [0.3, 0.4) is 0 Å². The minimum Gasteiger partial charge on any atom is -0.308 e. The van der Waals surface area contributed by atoms with Gasteiger partial charge in [0.2, 0.25) is 0 Å². The lowest BCUT2D eigenvalue weighted by molar-refractivity contribution is 0.263. The molecule has 1 aromatic rings. The molecule has 0 saturated carbocycles. The van der Waals surface area contributed by atoms with E-state index in [1.54, 1.807) is 12.4 Å². The van der Waals surface area contributed by atoms with Gasteiger partial charge in [-0.25, -0.2) is 0 Å². The predicted octanol–water partition coefficient (Wildman–Crippen LogP) is 1.86. The largest absolute Gasteiger partial charge is 0.308 e. The lowest BCUT2D eigenvalue weighted by Gasteiger charge is -2.21. The zero-order valence-electron chi connectivity index (χ0n) is 11.6. The smallest absolute Gasteiger partial charge is 0.0753 e. The first-order valence-electron chi connectivity index (χ1n) is 6.90. The van der Waals surface area contributed by atoms with E-state index >= 15 is 0 Å². The van der Waals surface area contributed by atoms with Gasteiger partial charge < -0.3 is 10.2 Å². The molecule has 2 rings (SSSR count). The van der Waals surface area contributed by atoms with Crippen LogP contribution in [-0.2, 0) is 0 Å². The predicted molar refractivity (Wildman–Crippen MR) is 73.3 cm³/mol. The van der Waals surface area contributed by atoms with Crippen LogP contribution in [0.4, 0.5) is 0 Å². The van der Waals surface area contributed by atoms with Crippen molar-refractivity contribution in [3.8, 4) is 0 Å². The fraction of sp³-hybridized carbons (Fsp3) is 0.714. The van der Waals surface area contributed by atoms with Gasteiger partial charge in [-0.2, -0.15) is 0 Å². The highest BCUT2D eigenvalue weighted by molar-refractivity contribution is 5.00. The number of aromatic nitrogens is 2. The number of hydrogen-bond acceptors (Lipinski definition) is 4. The van der Waals surface area contributed by atoms with E-state index in [4.69, 9.17) is 0 Å². The van der Waals surface area contributed by atoms with Gasteiger partial charge in [0.25, 0.3) is 0 Å². The molecule has 1 aromatic heterocycles. The average Bonchev–Trinajstić information content (AvgIpc) is 2.86. The number of rotatable bonds is 5. The Bertz CT molecular complexity index is 352. The summed E-state index contributed by atoms with van der Waals surface area (Å²) >= 11 is 0. The maximum Gasteiger partial charge on any atom is 0.0753 e. The monoisotopic (exact) mass is 248 g/mol. The Morgan fingerprint density at radius 2 is 2.22 bits per heavy atom. The quantitative estimate of drug-likeness (QED) is 0.863. The first-order valence-corrected chi connectivity index (χ1v) is 6.90. The van der Waals surface area contributed by atoms with Gasteiger partial charge in [-0.15, -0.1) is 0 Å². The third kappa shape index (κ3) is 3.50. The molecule has 0 bridgehead atoms. The first-order chi connectivity index (χ1) is 8.66. The number of likely N-dealkylation sites (tertiary alicyclic amines) is 1. The summed E-state index contributed by atoms with van der Waals surface area (Å²) < 4.78 is 0. The van der Waals surface area contributed by atoms with Crippen LogP contribution in [0.1, 0.15) is 38.9 Å². The molecule has 0 radical (unpaired) electrons.